The fraction of sp³-hybridized carbons (Fsp3) is 0.600. The highest BCUT2D eigenvalue weighted by Gasteiger charge is 2.40. The number of pyridine rings is 1. The van der Waals surface area contributed by atoms with Crippen LogP contribution in [0.1, 0.15) is 42.2 Å². The summed E-state index contributed by atoms with van der Waals surface area (Å²) in [7, 11) is -3.26. The molecule has 134 valence electrons. The van der Waals surface area contributed by atoms with Gasteiger partial charge in [0, 0.05) is 18.8 Å². The second kappa shape index (κ2) is 7.08. The minimum atomic E-state index is -4.70. The molecule has 1 aromatic heterocycles. The van der Waals surface area contributed by atoms with Crippen molar-refractivity contribution in [3.05, 3.63) is 29.6 Å². The Labute approximate surface area is 138 Å². The SMILES string of the molecule is CCCCN(C(=O)c1ncccc1C(F)(F)F)C1CCS(=O)(=O)C1. The van der Waals surface area contributed by atoms with Crippen molar-refractivity contribution >= 4 is 15.7 Å². The van der Waals surface area contributed by atoms with E-state index >= 15 is 0 Å². The molecule has 1 unspecified atom stereocenters. The Bertz CT molecular complexity index is 704. The summed E-state index contributed by atoms with van der Waals surface area (Å²) in [5.74, 6) is -1.13. The topological polar surface area (TPSA) is 67.3 Å². The van der Waals surface area contributed by atoms with E-state index in [2.05, 4.69) is 4.98 Å². The number of rotatable bonds is 5. The van der Waals surface area contributed by atoms with Crippen LogP contribution in [-0.2, 0) is 16.0 Å². The molecule has 1 fully saturated rings. The van der Waals surface area contributed by atoms with Gasteiger partial charge in [-0.15, -0.1) is 0 Å². The molecule has 0 radical (unpaired) electrons. The van der Waals surface area contributed by atoms with Crippen molar-refractivity contribution < 1.29 is 26.4 Å². The number of aromatic nitrogens is 1. The van der Waals surface area contributed by atoms with Crippen molar-refractivity contribution in [1.82, 2.24) is 9.88 Å². The van der Waals surface area contributed by atoms with Gasteiger partial charge in [-0.3, -0.25) is 9.78 Å². The minimum Gasteiger partial charge on any atom is -0.333 e. The molecule has 2 heterocycles. The van der Waals surface area contributed by atoms with E-state index in [0.717, 1.165) is 24.8 Å². The third-order valence-corrected chi connectivity index (χ3v) is 5.73. The highest BCUT2D eigenvalue weighted by atomic mass is 32.2. The van der Waals surface area contributed by atoms with Crippen LogP contribution in [-0.4, -0.2) is 48.3 Å². The smallest absolute Gasteiger partial charge is 0.333 e. The summed E-state index contributed by atoms with van der Waals surface area (Å²) in [6, 6.07) is 1.33. The molecular weight excluding hydrogens is 345 g/mol. The van der Waals surface area contributed by atoms with E-state index in [9.17, 15) is 26.4 Å². The lowest BCUT2D eigenvalue weighted by Crippen LogP contribution is -2.42. The molecule has 5 nitrogen and oxygen atoms in total. The van der Waals surface area contributed by atoms with Gasteiger partial charge in [-0.2, -0.15) is 13.2 Å². The van der Waals surface area contributed by atoms with Gasteiger partial charge in [-0.1, -0.05) is 13.3 Å². The number of hydrogen-bond acceptors (Lipinski definition) is 4. The Balaban J connectivity index is 2.35. The Morgan fingerprint density at radius 1 is 1.42 bits per heavy atom. The van der Waals surface area contributed by atoms with Gasteiger partial charge >= 0.3 is 6.18 Å². The van der Waals surface area contributed by atoms with Crippen molar-refractivity contribution in [2.75, 3.05) is 18.1 Å². The first kappa shape index (κ1) is 18.7. The standard InChI is InChI=1S/C15H19F3N2O3S/c1-2-3-8-20(11-6-9-24(22,23)10-11)14(21)13-12(15(16,17)18)5-4-7-19-13/h4-5,7,11H,2-3,6,8-10H2,1H3. The van der Waals surface area contributed by atoms with Crippen molar-refractivity contribution in [1.29, 1.82) is 0 Å². The fourth-order valence-electron chi connectivity index (χ4n) is 2.74. The number of alkyl halides is 3. The van der Waals surface area contributed by atoms with Crippen LogP contribution in [0.5, 0.6) is 0 Å². The Hall–Kier alpha value is -1.64. The molecule has 2 rings (SSSR count). The largest absolute Gasteiger partial charge is 0.418 e. The number of unbranched alkanes of at least 4 members (excludes halogenated alkanes) is 1. The molecule has 1 saturated heterocycles. The van der Waals surface area contributed by atoms with Gasteiger partial charge in [0.05, 0.1) is 17.1 Å². The van der Waals surface area contributed by atoms with Crippen molar-refractivity contribution in [2.45, 2.75) is 38.4 Å². The molecule has 1 aromatic rings. The minimum absolute atomic E-state index is 0.0537. The average Bonchev–Trinajstić information content (AvgIpc) is 2.86. The number of carbonyl (C=O) groups excluding carboxylic acids is 1. The molecule has 1 atom stereocenters. The van der Waals surface area contributed by atoms with Gasteiger partial charge in [0.15, 0.2) is 9.84 Å². The van der Waals surface area contributed by atoms with Gasteiger partial charge in [-0.25, -0.2) is 8.42 Å². The second-order valence-corrected chi connectivity index (χ2v) is 8.04. The molecule has 0 N–H and O–H groups in total. The maximum Gasteiger partial charge on any atom is 0.418 e. The number of hydrogen-bond donors (Lipinski definition) is 0. The van der Waals surface area contributed by atoms with Crippen molar-refractivity contribution in [3.63, 3.8) is 0 Å². The summed E-state index contributed by atoms with van der Waals surface area (Å²) >= 11 is 0. The quantitative estimate of drug-likeness (QED) is 0.805. The summed E-state index contributed by atoms with van der Waals surface area (Å²) < 4.78 is 62.7. The number of nitrogens with zero attached hydrogens (tertiary/aromatic N) is 2. The van der Waals surface area contributed by atoms with Crippen molar-refractivity contribution in [2.24, 2.45) is 0 Å². The predicted octanol–water partition coefficient (Wildman–Crippen LogP) is 2.53. The van der Waals surface area contributed by atoms with E-state index < -0.39 is 39.2 Å². The van der Waals surface area contributed by atoms with Gasteiger partial charge < -0.3 is 4.90 Å². The molecule has 1 aliphatic rings. The molecule has 24 heavy (non-hydrogen) atoms. The van der Waals surface area contributed by atoms with Gasteiger partial charge in [0.1, 0.15) is 5.69 Å². The highest BCUT2D eigenvalue weighted by molar-refractivity contribution is 7.91. The first-order chi connectivity index (χ1) is 11.2. The summed E-state index contributed by atoms with van der Waals surface area (Å²) in [6.07, 6.45) is -2.01. The molecule has 0 spiro atoms. The summed E-state index contributed by atoms with van der Waals surface area (Å²) in [5.41, 5.74) is -1.78. The number of halogens is 3. The molecular formula is C15H19F3N2O3S. The van der Waals surface area contributed by atoms with Crippen molar-refractivity contribution in [3.8, 4) is 0 Å². The van der Waals surface area contributed by atoms with E-state index in [1.165, 1.54) is 4.90 Å². The molecule has 0 aromatic carbocycles. The van der Waals surface area contributed by atoms with Gasteiger partial charge in [-0.05, 0) is 25.0 Å². The molecule has 1 amide bonds. The van der Waals surface area contributed by atoms with Crippen LogP contribution >= 0.6 is 0 Å². The number of sulfone groups is 1. The normalized spacial score (nSPS) is 20.1. The van der Waals surface area contributed by atoms with Crippen LogP contribution in [0.4, 0.5) is 13.2 Å². The second-order valence-electron chi connectivity index (χ2n) is 5.81. The Morgan fingerprint density at radius 2 is 2.12 bits per heavy atom. The third kappa shape index (κ3) is 4.25. The average molecular weight is 364 g/mol. The highest BCUT2D eigenvalue weighted by Crippen LogP contribution is 2.32. The first-order valence-electron chi connectivity index (χ1n) is 7.69. The zero-order valence-electron chi connectivity index (χ0n) is 13.2. The number of carbonyl (C=O) groups is 1. The summed E-state index contributed by atoms with van der Waals surface area (Å²) in [5, 5.41) is 0. The van der Waals surface area contributed by atoms with Crippen LogP contribution < -0.4 is 0 Å². The lowest BCUT2D eigenvalue weighted by atomic mass is 10.1. The van der Waals surface area contributed by atoms with E-state index in [-0.39, 0.29) is 24.5 Å². The summed E-state index contributed by atoms with van der Waals surface area (Å²) in [4.78, 5) is 17.5. The summed E-state index contributed by atoms with van der Waals surface area (Å²) in [6.45, 7) is 2.10. The maximum atomic E-state index is 13.1. The Morgan fingerprint density at radius 3 is 2.67 bits per heavy atom. The lowest BCUT2D eigenvalue weighted by molar-refractivity contribution is -0.138. The van der Waals surface area contributed by atoms with Crippen LogP contribution in [0.2, 0.25) is 0 Å². The molecule has 1 aliphatic heterocycles. The third-order valence-electron chi connectivity index (χ3n) is 3.98. The maximum absolute atomic E-state index is 13.1. The van der Waals surface area contributed by atoms with Gasteiger partial charge in [0.2, 0.25) is 0 Å². The van der Waals surface area contributed by atoms with E-state index in [0.29, 0.717) is 6.42 Å². The van der Waals surface area contributed by atoms with Crippen LogP contribution in [0.25, 0.3) is 0 Å². The van der Waals surface area contributed by atoms with Crippen LogP contribution in [0, 0.1) is 0 Å². The monoisotopic (exact) mass is 364 g/mol. The van der Waals surface area contributed by atoms with E-state index in [1.807, 2.05) is 6.92 Å². The predicted molar refractivity (Wildman–Crippen MR) is 82.2 cm³/mol. The molecule has 0 bridgehead atoms. The molecule has 0 aliphatic carbocycles. The van der Waals surface area contributed by atoms with E-state index in [4.69, 9.17) is 0 Å². The van der Waals surface area contributed by atoms with Gasteiger partial charge in [0.25, 0.3) is 5.91 Å². The zero-order chi connectivity index (χ0) is 18.0. The number of amides is 1. The first-order valence-corrected chi connectivity index (χ1v) is 9.51. The van der Waals surface area contributed by atoms with E-state index in [1.54, 1.807) is 0 Å². The van der Waals surface area contributed by atoms with Crippen LogP contribution in [0.3, 0.4) is 0 Å². The molecule has 9 heteroatoms. The zero-order valence-corrected chi connectivity index (χ0v) is 14.0. The van der Waals surface area contributed by atoms with Crippen LogP contribution in [0.15, 0.2) is 18.3 Å². The lowest BCUT2D eigenvalue weighted by Gasteiger charge is -2.28. The molecule has 0 saturated carbocycles. The Kier molecular flexibility index (Phi) is 5.52. The fourth-order valence-corrected chi connectivity index (χ4v) is 4.47.